The van der Waals surface area contributed by atoms with Crippen molar-refractivity contribution in [3.63, 3.8) is 0 Å². The molecule has 0 saturated carbocycles. The van der Waals surface area contributed by atoms with Gasteiger partial charge in [0, 0.05) is 28.8 Å². The van der Waals surface area contributed by atoms with Crippen LogP contribution in [-0.2, 0) is 11.3 Å². The Bertz CT molecular complexity index is 1280. The first kappa shape index (κ1) is 19.7. The van der Waals surface area contributed by atoms with Crippen molar-refractivity contribution in [1.82, 2.24) is 0 Å². The van der Waals surface area contributed by atoms with Crippen molar-refractivity contribution < 1.29 is 18.8 Å². The zero-order chi connectivity index (χ0) is 21.1. The van der Waals surface area contributed by atoms with E-state index < -0.39 is 0 Å². The first-order valence-corrected chi connectivity index (χ1v) is 9.73. The second-order valence-electron chi connectivity index (χ2n) is 7.34. The number of quaternary nitrogens is 1. The van der Waals surface area contributed by atoms with E-state index in [9.17, 15) is 9.59 Å². The van der Waals surface area contributed by atoms with Gasteiger partial charge in [-0.15, -0.1) is 0 Å². The van der Waals surface area contributed by atoms with E-state index in [1.54, 1.807) is 13.2 Å². The third kappa shape index (κ3) is 4.18. The van der Waals surface area contributed by atoms with Crippen LogP contribution in [0.3, 0.4) is 0 Å². The molecular formula is C24H23N2O4+. The van der Waals surface area contributed by atoms with Gasteiger partial charge < -0.3 is 19.4 Å². The van der Waals surface area contributed by atoms with Crippen molar-refractivity contribution in [3.8, 4) is 5.75 Å². The Morgan fingerprint density at radius 2 is 1.90 bits per heavy atom. The van der Waals surface area contributed by atoms with Crippen LogP contribution in [0.15, 0.2) is 75.9 Å². The molecule has 0 radical (unpaired) electrons. The average molecular weight is 403 g/mol. The van der Waals surface area contributed by atoms with Gasteiger partial charge in [0.25, 0.3) is 5.91 Å². The summed E-state index contributed by atoms with van der Waals surface area (Å²) in [5.74, 6) is 0.570. The van der Waals surface area contributed by atoms with E-state index >= 15 is 0 Å². The molecule has 6 nitrogen and oxygen atoms in total. The maximum atomic E-state index is 12.5. The molecule has 1 amide bonds. The van der Waals surface area contributed by atoms with E-state index in [4.69, 9.17) is 9.15 Å². The van der Waals surface area contributed by atoms with Gasteiger partial charge in [0.2, 0.25) is 0 Å². The molecule has 2 N–H and O–H groups in total. The molecule has 4 rings (SSSR count). The standard InChI is InChI=1S/C24H22N2O4/c1-26(15-22(27)25-18-7-5-8-19(13-18)29-2)14-17-12-23(28)30-21-11-10-16-6-3-4-9-20(16)24(17)21/h3-13H,14-15H2,1-2H3,(H,25,27)/p+1. The molecule has 0 bridgehead atoms. The SMILES string of the molecule is COc1cccc(NC(=O)C[NH+](C)Cc2cc(=O)oc3ccc4ccccc4c23)c1. The predicted octanol–water partition coefficient (Wildman–Crippen LogP) is 2.61. The quantitative estimate of drug-likeness (QED) is 0.383. The fourth-order valence-electron chi connectivity index (χ4n) is 3.73. The molecular weight excluding hydrogens is 380 g/mol. The van der Waals surface area contributed by atoms with Crippen LogP contribution in [0.25, 0.3) is 21.7 Å². The van der Waals surface area contributed by atoms with Crippen molar-refractivity contribution >= 4 is 33.3 Å². The highest BCUT2D eigenvalue weighted by atomic mass is 16.5. The largest absolute Gasteiger partial charge is 0.497 e. The minimum absolute atomic E-state index is 0.113. The van der Waals surface area contributed by atoms with Gasteiger partial charge in [-0.3, -0.25) is 4.79 Å². The number of hydrogen-bond donors (Lipinski definition) is 2. The van der Waals surface area contributed by atoms with Gasteiger partial charge in [0.15, 0.2) is 6.54 Å². The molecule has 0 aliphatic heterocycles. The first-order chi connectivity index (χ1) is 14.5. The molecule has 1 unspecified atom stereocenters. The molecule has 0 aliphatic carbocycles. The topological polar surface area (TPSA) is 73.0 Å². The van der Waals surface area contributed by atoms with Crippen LogP contribution >= 0.6 is 0 Å². The third-order valence-corrected chi connectivity index (χ3v) is 5.02. The number of hydrogen-bond acceptors (Lipinski definition) is 4. The van der Waals surface area contributed by atoms with Crippen LogP contribution in [0.5, 0.6) is 5.75 Å². The van der Waals surface area contributed by atoms with E-state index in [0.717, 1.165) is 26.6 Å². The van der Waals surface area contributed by atoms with E-state index in [0.29, 0.717) is 23.6 Å². The molecule has 1 aromatic heterocycles. The summed E-state index contributed by atoms with van der Waals surface area (Å²) in [5.41, 5.74) is 1.72. The maximum absolute atomic E-state index is 12.5. The number of fused-ring (bicyclic) bond motifs is 3. The normalized spacial score (nSPS) is 12.1. The van der Waals surface area contributed by atoms with Crippen molar-refractivity contribution in [2.75, 3.05) is 26.0 Å². The summed E-state index contributed by atoms with van der Waals surface area (Å²) < 4.78 is 10.6. The minimum Gasteiger partial charge on any atom is -0.497 e. The summed E-state index contributed by atoms with van der Waals surface area (Å²) in [6, 6.07) is 20.5. The summed E-state index contributed by atoms with van der Waals surface area (Å²) in [4.78, 5) is 25.5. The summed E-state index contributed by atoms with van der Waals surface area (Å²) in [6.45, 7) is 0.769. The fourth-order valence-corrected chi connectivity index (χ4v) is 3.73. The van der Waals surface area contributed by atoms with Gasteiger partial charge in [-0.05, 0) is 29.0 Å². The number of carbonyl (C=O) groups excluding carboxylic acids is 1. The maximum Gasteiger partial charge on any atom is 0.336 e. The molecule has 1 heterocycles. The van der Waals surface area contributed by atoms with Crippen LogP contribution in [0.2, 0.25) is 0 Å². The fraction of sp³-hybridized carbons (Fsp3) is 0.167. The lowest BCUT2D eigenvalue weighted by Gasteiger charge is -2.16. The number of amides is 1. The highest BCUT2D eigenvalue weighted by molar-refractivity contribution is 6.07. The van der Waals surface area contributed by atoms with E-state index in [2.05, 4.69) is 5.32 Å². The van der Waals surface area contributed by atoms with Gasteiger partial charge >= 0.3 is 5.63 Å². The molecule has 0 spiro atoms. The number of benzene rings is 3. The Labute approximate surface area is 173 Å². The Kier molecular flexibility index (Phi) is 5.50. The number of anilines is 1. The molecule has 0 saturated heterocycles. The number of methoxy groups -OCH3 is 1. The lowest BCUT2D eigenvalue weighted by Crippen LogP contribution is -3.08. The number of carbonyl (C=O) groups is 1. The van der Waals surface area contributed by atoms with Crippen LogP contribution in [0.1, 0.15) is 5.56 Å². The highest BCUT2D eigenvalue weighted by Crippen LogP contribution is 2.27. The second-order valence-corrected chi connectivity index (χ2v) is 7.34. The van der Waals surface area contributed by atoms with E-state index in [1.165, 1.54) is 6.07 Å². The number of rotatable bonds is 6. The summed E-state index contributed by atoms with van der Waals surface area (Å²) >= 11 is 0. The Balaban J connectivity index is 1.56. The van der Waals surface area contributed by atoms with Crippen LogP contribution in [-0.4, -0.2) is 26.6 Å². The molecule has 152 valence electrons. The zero-order valence-corrected chi connectivity index (χ0v) is 16.9. The minimum atomic E-state index is -0.388. The summed E-state index contributed by atoms with van der Waals surface area (Å²) in [6.07, 6.45) is 0. The van der Waals surface area contributed by atoms with Crippen molar-refractivity contribution in [1.29, 1.82) is 0 Å². The average Bonchev–Trinajstić information content (AvgIpc) is 2.73. The predicted molar refractivity (Wildman–Crippen MR) is 117 cm³/mol. The lowest BCUT2D eigenvalue weighted by atomic mass is 10.0. The molecule has 30 heavy (non-hydrogen) atoms. The molecule has 1 atom stereocenters. The van der Waals surface area contributed by atoms with Gasteiger partial charge in [0.1, 0.15) is 17.9 Å². The Hall–Kier alpha value is -3.64. The number of nitrogens with one attached hydrogen (secondary N) is 2. The summed E-state index contributed by atoms with van der Waals surface area (Å²) in [7, 11) is 3.51. The number of ether oxygens (including phenoxy) is 1. The smallest absolute Gasteiger partial charge is 0.336 e. The van der Waals surface area contributed by atoms with Gasteiger partial charge in [0.05, 0.1) is 14.2 Å². The highest BCUT2D eigenvalue weighted by Gasteiger charge is 2.16. The Morgan fingerprint density at radius 1 is 1.07 bits per heavy atom. The van der Waals surface area contributed by atoms with Crippen LogP contribution in [0.4, 0.5) is 5.69 Å². The second kappa shape index (κ2) is 8.39. The molecule has 0 fully saturated rings. The van der Waals surface area contributed by atoms with Crippen LogP contribution in [0, 0.1) is 0 Å². The van der Waals surface area contributed by atoms with E-state index in [-0.39, 0.29) is 18.1 Å². The Morgan fingerprint density at radius 3 is 2.73 bits per heavy atom. The van der Waals surface area contributed by atoms with Gasteiger partial charge in [-0.1, -0.05) is 36.4 Å². The van der Waals surface area contributed by atoms with Gasteiger partial charge in [-0.2, -0.15) is 0 Å². The van der Waals surface area contributed by atoms with Crippen LogP contribution < -0.4 is 20.6 Å². The molecule has 6 heteroatoms. The zero-order valence-electron chi connectivity index (χ0n) is 16.9. The third-order valence-electron chi connectivity index (χ3n) is 5.02. The van der Waals surface area contributed by atoms with Crippen molar-refractivity contribution in [2.24, 2.45) is 0 Å². The molecule has 0 aliphatic rings. The van der Waals surface area contributed by atoms with Crippen molar-refractivity contribution in [3.05, 3.63) is 82.7 Å². The van der Waals surface area contributed by atoms with E-state index in [1.807, 2.05) is 61.6 Å². The summed E-state index contributed by atoms with van der Waals surface area (Å²) in [5, 5.41) is 5.92. The molecule has 3 aromatic carbocycles. The van der Waals surface area contributed by atoms with Gasteiger partial charge in [-0.25, -0.2) is 4.79 Å². The number of likely N-dealkylation sites (N-methyl/N-ethyl adjacent to an activating group) is 1. The first-order valence-electron chi connectivity index (χ1n) is 9.73. The van der Waals surface area contributed by atoms with Crippen molar-refractivity contribution in [2.45, 2.75) is 6.54 Å². The molecule has 4 aromatic rings. The lowest BCUT2D eigenvalue weighted by molar-refractivity contribution is -0.885. The monoisotopic (exact) mass is 403 g/mol.